The highest BCUT2D eigenvalue weighted by Crippen LogP contribution is 2.29. The molecule has 3 aromatic carbocycles. The van der Waals surface area contributed by atoms with Gasteiger partial charge in [-0.25, -0.2) is 4.98 Å². The van der Waals surface area contributed by atoms with Gasteiger partial charge < -0.3 is 14.6 Å². The second-order valence-electron chi connectivity index (χ2n) is 8.77. The van der Waals surface area contributed by atoms with Crippen LogP contribution in [0.2, 0.25) is 0 Å². The molecule has 4 aromatic rings. The molecule has 0 bridgehead atoms. The van der Waals surface area contributed by atoms with Crippen LogP contribution in [0.1, 0.15) is 15.9 Å². The summed E-state index contributed by atoms with van der Waals surface area (Å²) in [5.41, 5.74) is 3.24. The Morgan fingerprint density at radius 1 is 0.833 bits per heavy atom. The maximum atomic E-state index is 13.4. The summed E-state index contributed by atoms with van der Waals surface area (Å²) < 4.78 is 6.02. The molecule has 2 amide bonds. The molecule has 1 aliphatic rings. The zero-order chi connectivity index (χ0) is 24.7. The number of nitrogens with zero attached hydrogens (tertiary/aromatic N) is 3. The van der Waals surface area contributed by atoms with Gasteiger partial charge in [0.1, 0.15) is 0 Å². The van der Waals surface area contributed by atoms with Gasteiger partial charge in [-0.3, -0.25) is 14.5 Å². The molecule has 1 saturated heterocycles. The molecule has 0 saturated carbocycles. The summed E-state index contributed by atoms with van der Waals surface area (Å²) in [5, 5.41) is 2.97. The average Bonchev–Trinajstić information content (AvgIpc) is 3.43. The second-order valence-corrected chi connectivity index (χ2v) is 8.77. The highest BCUT2D eigenvalue weighted by Gasteiger charge is 2.26. The topological polar surface area (TPSA) is 78.7 Å². The molecule has 7 heteroatoms. The van der Waals surface area contributed by atoms with E-state index in [4.69, 9.17) is 4.42 Å². The van der Waals surface area contributed by atoms with Crippen LogP contribution in [-0.2, 0) is 11.3 Å². The lowest BCUT2D eigenvalue weighted by Crippen LogP contribution is -2.51. The van der Waals surface area contributed by atoms with Crippen LogP contribution in [0, 0.1) is 0 Å². The highest BCUT2D eigenvalue weighted by molar-refractivity contribution is 6.00. The van der Waals surface area contributed by atoms with E-state index in [-0.39, 0.29) is 11.8 Å². The number of aromatic nitrogens is 1. The molecule has 1 fully saturated rings. The number of oxazole rings is 1. The van der Waals surface area contributed by atoms with E-state index in [1.165, 1.54) is 0 Å². The lowest BCUT2D eigenvalue weighted by atomic mass is 10.1. The van der Waals surface area contributed by atoms with Gasteiger partial charge in [0.05, 0.1) is 18.3 Å². The predicted octanol–water partition coefficient (Wildman–Crippen LogP) is 4.08. The van der Waals surface area contributed by atoms with Gasteiger partial charge in [-0.2, -0.15) is 0 Å². The van der Waals surface area contributed by atoms with Crippen LogP contribution >= 0.6 is 0 Å². The first kappa shape index (κ1) is 23.5. The minimum absolute atomic E-state index is 0.0120. The van der Waals surface area contributed by atoms with E-state index >= 15 is 0 Å². The monoisotopic (exact) mass is 480 g/mol. The molecule has 2 heterocycles. The second kappa shape index (κ2) is 11.0. The van der Waals surface area contributed by atoms with Gasteiger partial charge in [0, 0.05) is 43.9 Å². The third kappa shape index (κ3) is 5.53. The molecule has 7 nitrogen and oxygen atoms in total. The molecule has 0 spiro atoms. The zero-order valence-corrected chi connectivity index (χ0v) is 20.0. The van der Waals surface area contributed by atoms with Gasteiger partial charge in [0.15, 0.2) is 5.76 Å². The van der Waals surface area contributed by atoms with Crippen molar-refractivity contribution in [1.82, 2.24) is 20.1 Å². The molecular formula is C29H28N4O3. The lowest BCUT2D eigenvalue weighted by molar-refractivity contribution is -0.122. The van der Waals surface area contributed by atoms with Gasteiger partial charge in [-0.05, 0) is 17.7 Å². The van der Waals surface area contributed by atoms with Gasteiger partial charge in [-0.1, -0.05) is 72.8 Å². The summed E-state index contributed by atoms with van der Waals surface area (Å²) in [5.74, 6) is 1.01. The van der Waals surface area contributed by atoms with Crippen LogP contribution in [0.4, 0.5) is 0 Å². The third-order valence-electron chi connectivity index (χ3n) is 6.31. The Morgan fingerprint density at radius 3 is 2.25 bits per heavy atom. The van der Waals surface area contributed by atoms with Crippen LogP contribution in [0.25, 0.3) is 22.8 Å². The molecular weight excluding hydrogens is 452 g/mol. The smallest absolute Gasteiger partial charge is 0.254 e. The number of piperazine rings is 1. The Labute approximate surface area is 210 Å². The molecule has 0 radical (unpaired) electrons. The molecule has 182 valence electrons. The number of benzene rings is 3. The van der Waals surface area contributed by atoms with Crippen molar-refractivity contribution in [2.24, 2.45) is 0 Å². The molecule has 0 aliphatic carbocycles. The van der Waals surface area contributed by atoms with E-state index < -0.39 is 0 Å². The van der Waals surface area contributed by atoms with Crippen molar-refractivity contribution in [3.63, 3.8) is 0 Å². The molecule has 1 aromatic heterocycles. The average molecular weight is 481 g/mol. The van der Waals surface area contributed by atoms with Crippen molar-refractivity contribution in [2.75, 3.05) is 32.7 Å². The first-order chi connectivity index (χ1) is 17.7. The van der Waals surface area contributed by atoms with E-state index in [2.05, 4.69) is 15.2 Å². The van der Waals surface area contributed by atoms with Gasteiger partial charge in [0.2, 0.25) is 11.8 Å². The van der Waals surface area contributed by atoms with Crippen LogP contribution < -0.4 is 5.32 Å². The van der Waals surface area contributed by atoms with Gasteiger partial charge >= 0.3 is 0 Å². The summed E-state index contributed by atoms with van der Waals surface area (Å²) in [4.78, 5) is 34.2. The van der Waals surface area contributed by atoms with E-state index in [1.54, 1.807) is 6.20 Å². The molecule has 36 heavy (non-hydrogen) atoms. The Kier molecular flexibility index (Phi) is 7.19. The molecule has 1 N–H and O–H groups in total. The van der Waals surface area contributed by atoms with Crippen molar-refractivity contribution in [1.29, 1.82) is 0 Å². The van der Waals surface area contributed by atoms with Gasteiger partial charge in [0.25, 0.3) is 5.91 Å². The zero-order valence-electron chi connectivity index (χ0n) is 20.0. The minimum atomic E-state index is -0.0572. The third-order valence-corrected chi connectivity index (χ3v) is 6.31. The van der Waals surface area contributed by atoms with Crippen LogP contribution in [-0.4, -0.2) is 59.3 Å². The summed E-state index contributed by atoms with van der Waals surface area (Å²) >= 11 is 0. The van der Waals surface area contributed by atoms with Crippen molar-refractivity contribution in [2.45, 2.75) is 6.54 Å². The number of amides is 2. The fraction of sp³-hybridized carbons (Fsp3) is 0.207. The lowest BCUT2D eigenvalue weighted by Gasteiger charge is -2.34. The summed E-state index contributed by atoms with van der Waals surface area (Å²) in [6, 6.07) is 27.0. The highest BCUT2D eigenvalue weighted by atomic mass is 16.4. The number of carbonyl (C=O) groups excluding carboxylic acids is 2. The predicted molar refractivity (Wildman–Crippen MR) is 138 cm³/mol. The SMILES string of the molecule is O=C(CN1CCN(C(=O)c2ccccc2-c2ncc(-c3ccccc3)o2)CC1)NCc1ccccc1. The fourth-order valence-corrected chi connectivity index (χ4v) is 4.33. The largest absolute Gasteiger partial charge is 0.436 e. The normalized spacial score (nSPS) is 13.9. The summed E-state index contributed by atoms with van der Waals surface area (Å²) in [6.45, 7) is 3.24. The summed E-state index contributed by atoms with van der Waals surface area (Å²) in [7, 11) is 0. The van der Waals surface area contributed by atoms with Crippen molar-refractivity contribution < 1.29 is 14.0 Å². The van der Waals surface area contributed by atoms with Crippen LogP contribution in [0.15, 0.2) is 95.5 Å². The fourth-order valence-electron chi connectivity index (χ4n) is 4.33. The molecule has 0 unspecified atom stereocenters. The molecule has 0 atom stereocenters. The number of nitrogens with one attached hydrogen (secondary N) is 1. The number of hydrogen-bond donors (Lipinski definition) is 1. The number of carbonyl (C=O) groups is 2. The quantitative estimate of drug-likeness (QED) is 0.431. The maximum absolute atomic E-state index is 13.4. The standard InChI is InChI=1S/C29H28N4O3/c34-27(30-19-22-9-3-1-4-10-22)21-32-15-17-33(18-16-32)29(35)25-14-8-7-13-24(25)28-31-20-26(36-28)23-11-5-2-6-12-23/h1-14,20H,15-19,21H2,(H,30,34). The van der Waals surface area contributed by atoms with E-state index in [1.807, 2.05) is 89.8 Å². The van der Waals surface area contributed by atoms with Crippen LogP contribution in [0.3, 0.4) is 0 Å². The molecule has 1 aliphatic heterocycles. The number of rotatable bonds is 7. The maximum Gasteiger partial charge on any atom is 0.254 e. The number of hydrogen-bond acceptors (Lipinski definition) is 5. The van der Waals surface area contributed by atoms with E-state index in [0.29, 0.717) is 62.0 Å². The Balaban J connectivity index is 1.19. The van der Waals surface area contributed by atoms with Crippen molar-refractivity contribution in [3.8, 4) is 22.8 Å². The van der Waals surface area contributed by atoms with Gasteiger partial charge in [-0.15, -0.1) is 0 Å². The molecule has 5 rings (SSSR count). The minimum Gasteiger partial charge on any atom is -0.436 e. The Hall–Kier alpha value is -4.23. The van der Waals surface area contributed by atoms with E-state index in [0.717, 1.165) is 11.1 Å². The Morgan fingerprint density at radius 2 is 1.50 bits per heavy atom. The van der Waals surface area contributed by atoms with Crippen molar-refractivity contribution in [3.05, 3.63) is 102 Å². The van der Waals surface area contributed by atoms with Crippen LogP contribution in [0.5, 0.6) is 0 Å². The Bertz CT molecular complexity index is 1310. The first-order valence-electron chi connectivity index (χ1n) is 12.1. The van der Waals surface area contributed by atoms with Crippen molar-refractivity contribution >= 4 is 11.8 Å². The summed E-state index contributed by atoms with van der Waals surface area (Å²) in [6.07, 6.45) is 1.69. The first-order valence-corrected chi connectivity index (χ1v) is 12.1. The van der Waals surface area contributed by atoms with E-state index in [9.17, 15) is 9.59 Å².